The van der Waals surface area contributed by atoms with E-state index in [9.17, 15) is 13.2 Å². The van der Waals surface area contributed by atoms with E-state index in [-0.39, 0.29) is 15.5 Å². The Kier molecular flexibility index (Phi) is 6.29. The van der Waals surface area contributed by atoms with Gasteiger partial charge in [0.05, 0.1) is 15.5 Å². The van der Waals surface area contributed by atoms with Crippen molar-refractivity contribution in [3.05, 3.63) is 76.8 Å². The number of nitrogens with zero attached hydrogens (tertiary/aromatic N) is 2. The summed E-state index contributed by atoms with van der Waals surface area (Å²) in [5.41, 5.74) is 1.13. The van der Waals surface area contributed by atoms with Crippen molar-refractivity contribution in [1.82, 2.24) is 14.5 Å². The largest absolute Gasteiger partial charge is 0.348 e. The van der Waals surface area contributed by atoms with Gasteiger partial charge in [0.25, 0.3) is 5.91 Å². The van der Waals surface area contributed by atoms with E-state index in [1.165, 1.54) is 22.5 Å². The highest BCUT2D eigenvalue weighted by Gasteiger charge is 2.28. The maximum absolute atomic E-state index is 13.0. The fraction of sp³-hybridized carbons (Fsp3) is 0.261. The smallest absolute Gasteiger partial charge is 0.253 e. The molecule has 4 rings (SSSR count). The summed E-state index contributed by atoms with van der Waals surface area (Å²) >= 11 is 6.25. The molecule has 1 aliphatic heterocycles. The number of rotatable bonds is 5. The van der Waals surface area contributed by atoms with Crippen molar-refractivity contribution in [2.45, 2.75) is 11.4 Å². The Balaban J connectivity index is 1.54. The number of fused-ring (bicyclic) bond motifs is 1. The van der Waals surface area contributed by atoms with Crippen LogP contribution in [0.25, 0.3) is 10.8 Å². The molecule has 0 atom stereocenters. The van der Waals surface area contributed by atoms with Crippen LogP contribution < -0.4 is 5.32 Å². The molecule has 31 heavy (non-hydrogen) atoms. The summed E-state index contributed by atoms with van der Waals surface area (Å²) < 4.78 is 27.5. The summed E-state index contributed by atoms with van der Waals surface area (Å²) in [7, 11) is -1.72. The molecule has 0 bridgehead atoms. The van der Waals surface area contributed by atoms with Gasteiger partial charge in [0.2, 0.25) is 10.0 Å². The molecule has 0 spiro atoms. The molecule has 1 amide bonds. The van der Waals surface area contributed by atoms with Crippen molar-refractivity contribution in [1.29, 1.82) is 0 Å². The van der Waals surface area contributed by atoms with E-state index in [0.29, 0.717) is 32.7 Å². The van der Waals surface area contributed by atoms with E-state index >= 15 is 0 Å². The van der Waals surface area contributed by atoms with Gasteiger partial charge in [-0.25, -0.2) is 8.42 Å². The van der Waals surface area contributed by atoms with E-state index in [1.54, 1.807) is 0 Å². The molecule has 162 valence electrons. The van der Waals surface area contributed by atoms with Crippen LogP contribution in [0.3, 0.4) is 0 Å². The van der Waals surface area contributed by atoms with Crippen molar-refractivity contribution in [3.8, 4) is 0 Å². The van der Waals surface area contributed by atoms with Crippen LogP contribution in [0, 0.1) is 0 Å². The average Bonchev–Trinajstić information content (AvgIpc) is 2.78. The van der Waals surface area contributed by atoms with Crippen molar-refractivity contribution in [2.75, 3.05) is 33.2 Å². The zero-order valence-corrected chi connectivity index (χ0v) is 18.8. The van der Waals surface area contributed by atoms with Gasteiger partial charge in [-0.2, -0.15) is 4.31 Å². The maximum Gasteiger partial charge on any atom is 0.253 e. The topological polar surface area (TPSA) is 69.7 Å². The normalized spacial score (nSPS) is 15.8. The second-order valence-corrected chi connectivity index (χ2v) is 10.0. The Bertz CT molecular complexity index is 1220. The highest BCUT2D eigenvalue weighted by Crippen LogP contribution is 2.24. The van der Waals surface area contributed by atoms with Crippen LogP contribution in [0.15, 0.2) is 65.6 Å². The highest BCUT2D eigenvalue weighted by atomic mass is 35.5. The number of amides is 1. The Hall–Kier alpha value is -2.45. The lowest BCUT2D eigenvalue weighted by Gasteiger charge is -2.31. The summed E-state index contributed by atoms with van der Waals surface area (Å²) in [4.78, 5) is 15.0. The van der Waals surface area contributed by atoms with Crippen LogP contribution in [0.4, 0.5) is 0 Å². The van der Waals surface area contributed by atoms with Gasteiger partial charge >= 0.3 is 0 Å². The fourth-order valence-electron chi connectivity index (χ4n) is 3.73. The summed E-state index contributed by atoms with van der Waals surface area (Å²) in [5.74, 6) is -0.409. The number of hydrogen-bond donors (Lipinski definition) is 1. The molecule has 3 aromatic rings. The van der Waals surface area contributed by atoms with Gasteiger partial charge in [-0.3, -0.25) is 4.79 Å². The molecule has 6 nitrogen and oxygen atoms in total. The zero-order chi connectivity index (χ0) is 22.0. The van der Waals surface area contributed by atoms with Crippen LogP contribution in [0.5, 0.6) is 0 Å². The van der Waals surface area contributed by atoms with E-state index in [0.717, 1.165) is 16.3 Å². The van der Waals surface area contributed by atoms with Gasteiger partial charge < -0.3 is 10.2 Å². The third-order valence-corrected chi connectivity index (χ3v) is 7.83. The Morgan fingerprint density at radius 2 is 1.71 bits per heavy atom. The molecule has 1 fully saturated rings. The first-order valence-corrected chi connectivity index (χ1v) is 11.9. The average molecular weight is 458 g/mol. The van der Waals surface area contributed by atoms with Crippen LogP contribution in [0.1, 0.15) is 15.9 Å². The number of halogens is 1. The second kappa shape index (κ2) is 8.96. The summed E-state index contributed by atoms with van der Waals surface area (Å²) in [5, 5.41) is 5.24. The molecular weight excluding hydrogens is 434 g/mol. The number of sulfonamides is 1. The molecule has 8 heteroatoms. The lowest BCUT2D eigenvalue weighted by molar-refractivity contribution is 0.0951. The Labute approximate surface area is 187 Å². The third kappa shape index (κ3) is 4.60. The highest BCUT2D eigenvalue weighted by molar-refractivity contribution is 7.89. The molecule has 0 saturated carbocycles. The Morgan fingerprint density at radius 1 is 1.00 bits per heavy atom. The minimum absolute atomic E-state index is 0.0803. The first-order valence-electron chi connectivity index (χ1n) is 10.1. The van der Waals surface area contributed by atoms with E-state index in [2.05, 4.69) is 10.2 Å². The SMILES string of the molecule is CN1CCN(S(=O)(=O)c2ccc(Cl)c(C(=O)NCc3cccc4ccccc34)c2)CC1. The quantitative estimate of drug-likeness (QED) is 0.637. The number of piperazine rings is 1. The number of hydrogen-bond acceptors (Lipinski definition) is 4. The minimum atomic E-state index is -3.69. The lowest BCUT2D eigenvalue weighted by atomic mass is 10.0. The zero-order valence-electron chi connectivity index (χ0n) is 17.2. The molecular formula is C23H24ClN3O3S. The van der Waals surface area contributed by atoms with Crippen molar-refractivity contribution in [2.24, 2.45) is 0 Å². The molecule has 0 aromatic heterocycles. The molecule has 0 aliphatic carbocycles. The predicted octanol–water partition coefficient (Wildman–Crippen LogP) is 3.36. The number of likely N-dealkylation sites (N-methyl/N-ethyl adjacent to an activating group) is 1. The van der Waals surface area contributed by atoms with E-state index < -0.39 is 15.9 Å². The van der Waals surface area contributed by atoms with Gasteiger partial charge in [0.1, 0.15) is 0 Å². The lowest BCUT2D eigenvalue weighted by Crippen LogP contribution is -2.47. The number of carbonyl (C=O) groups excluding carboxylic acids is 1. The van der Waals surface area contributed by atoms with Crippen LogP contribution in [0.2, 0.25) is 5.02 Å². The molecule has 0 unspecified atom stereocenters. The number of nitrogens with one attached hydrogen (secondary N) is 1. The van der Waals surface area contributed by atoms with Crippen LogP contribution in [-0.4, -0.2) is 56.8 Å². The first-order chi connectivity index (χ1) is 14.9. The van der Waals surface area contributed by atoms with Crippen molar-refractivity contribution in [3.63, 3.8) is 0 Å². The van der Waals surface area contributed by atoms with Gasteiger partial charge in [-0.05, 0) is 41.6 Å². The van der Waals surface area contributed by atoms with Gasteiger partial charge in [-0.1, -0.05) is 54.1 Å². The van der Waals surface area contributed by atoms with E-state index in [4.69, 9.17) is 11.6 Å². The standard InChI is InChI=1S/C23H24ClN3O3S/c1-26-11-13-27(14-12-26)31(29,30)19-9-10-22(24)21(15-19)23(28)25-16-18-7-4-6-17-5-2-3-8-20(17)18/h2-10,15H,11-14,16H2,1H3,(H,25,28). The van der Waals surface area contributed by atoms with Gasteiger partial charge in [0, 0.05) is 32.7 Å². The monoisotopic (exact) mass is 457 g/mol. The fourth-order valence-corrected chi connectivity index (χ4v) is 5.39. The summed E-state index contributed by atoms with van der Waals surface area (Å²) in [6.45, 7) is 2.50. The van der Waals surface area contributed by atoms with Crippen LogP contribution in [-0.2, 0) is 16.6 Å². The summed E-state index contributed by atoms with van der Waals surface area (Å²) in [6.07, 6.45) is 0. The number of carbonyl (C=O) groups is 1. The van der Waals surface area contributed by atoms with E-state index in [1.807, 2.05) is 49.5 Å². The molecule has 0 radical (unpaired) electrons. The second-order valence-electron chi connectivity index (χ2n) is 7.67. The summed E-state index contributed by atoms with van der Waals surface area (Å²) in [6, 6.07) is 18.2. The molecule has 1 aliphatic rings. The van der Waals surface area contributed by atoms with Crippen molar-refractivity contribution < 1.29 is 13.2 Å². The Morgan fingerprint density at radius 3 is 2.48 bits per heavy atom. The van der Waals surface area contributed by atoms with Crippen LogP contribution >= 0.6 is 11.6 Å². The van der Waals surface area contributed by atoms with Crippen molar-refractivity contribution >= 4 is 38.3 Å². The molecule has 1 saturated heterocycles. The molecule has 3 aromatic carbocycles. The van der Waals surface area contributed by atoms with Gasteiger partial charge in [-0.15, -0.1) is 0 Å². The maximum atomic E-state index is 13.0. The third-order valence-electron chi connectivity index (χ3n) is 5.60. The first kappa shape index (κ1) is 21.8. The predicted molar refractivity (Wildman–Crippen MR) is 123 cm³/mol. The van der Waals surface area contributed by atoms with Gasteiger partial charge in [0.15, 0.2) is 0 Å². The number of benzene rings is 3. The molecule has 1 N–H and O–H groups in total. The molecule has 1 heterocycles. The minimum Gasteiger partial charge on any atom is -0.348 e.